The maximum Gasteiger partial charge on any atom is 0.343 e. The molecule has 0 bridgehead atoms. The summed E-state index contributed by atoms with van der Waals surface area (Å²) in [7, 11) is 0. The number of hydrogen-bond acceptors (Lipinski definition) is 8. The lowest BCUT2D eigenvalue weighted by atomic mass is 10.1. The van der Waals surface area contributed by atoms with Gasteiger partial charge in [0, 0.05) is 0 Å². The van der Waals surface area contributed by atoms with Gasteiger partial charge in [0.15, 0.2) is 11.7 Å². The monoisotopic (exact) mass is 404 g/mol. The second-order valence-electron chi connectivity index (χ2n) is 7.48. The Morgan fingerprint density at radius 1 is 0.897 bits per heavy atom. The highest BCUT2D eigenvalue weighted by atomic mass is 16.7. The molecule has 2 atom stereocenters. The zero-order valence-corrected chi connectivity index (χ0v) is 17.9. The van der Waals surface area contributed by atoms with E-state index in [2.05, 4.69) is 37.0 Å². The highest BCUT2D eigenvalue weighted by molar-refractivity contribution is 6.00. The summed E-state index contributed by atoms with van der Waals surface area (Å²) in [6.45, 7) is 16.6. The third-order valence-electron chi connectivity index (χ3n) is 4.83. The summed E-state index contributed by atoms with van der Waals surface area (Å²) in [5.74, 6) is -0.307. The molecule has 0 N–H and O–H groups in total. The largest absolute Gasteiger partial charge is 0.343 e. The first-order valence-corrected chi connectivity index (χ1v) is 10.2. The van der Waals surface area contributed by atoms with Crippen molar-refractivity contribution in [3.63, 3.8) is 0 Å². The van der Waals surface area contributed by atoms with Gasteiger partial charge in [0.1, 0.15) is 6.42 Å². The molecule has 29 heavy (non-hydrogen) atoms. The summed E-state index contributed by atoms with van der Waals surface area (Å²) < 4.78 is 0. The van der Waals surface area contributed by atoms with E-state index in [0.29, 0.717) is 35.9 Å². The molecule has 0 aliphatic carbocycles. The van der Waals surface area contributed by atoms with Gasteiger partial charge in [-0.3, -0.25) is 9.98 Å². The van der Waals surface area contributed by atoms with E-state index < -0.39 is 18.4 Å². The molecule has 2 rings (SSSR count). The normalized spacial score (nSPS) is 21.8. The maximum atomic E-state index is 12.3. The molecule has 2 aliphatic rings. The summed E-state index contributed by atoms with van der Waals surface area (Å²) in [4.78, 5) is 44.4. The smallest absolute Gasteiger partial charge is 0.339 e. The molecule has 0 aromatic heterocycles. The molecule has 0 saturated carbocycles. The number of aliphatic imine (C=N–C) groups is 2. The molecule has 0 spiro atoms. The van der Waals surface area contributed by atoms with Crippen molar-refractivity contribution in [2.45, 2.75) is 71.9 Å². The summed E-state index contributed by atoms with van der Waals surface area (Å²) in [6, 6.07) is 0.375. The van der Waals surface area contributed by atoms with Crippen LogP contribution in [0.1, 0.15) is 59.8 Å². The van der Waals surface area contributed by atoms with E-state index in [1.807, 2.05) is 13.8 Å². The highest BCUT2D eigenvalue weighted by Gasteiger charge is 2.28. The van der Waals surface area contributed by atoms with Crippen molar-refractivity contribution in [2.75, 3.05) is 13.1 Å². The van der Waals surface area contributed by atoms with Gasteiger partial charge in [0.2, 0.25) is 0 Å². The molecule has 0 aromatic rings. The SMILES string of the molecule is C=C(C)C1=NC(CC)CCN1OC(=O)CC(=O)ON1CCC(CC)N=C1C(=C)C. The Morgan fingerprint density at radius 2 is 1.28 bits per heavy atom. The Balaban J connectivity index is 1.94. The van der Waals surface area contributed by atoms with Crippen molar-refractivity contribution in [2.24, 2.45) is 9.98 Å². The van der Waals surface area contributed by atoms with Gasteiger partial charge in [-0.15, -0.1) is 0 Å². The fraction of sp³-hybridized carbons (Fsp3) is 0.619. The first-order chi connectivity index (χ1) is 13.7. The van der Waals surface area contributed by atoms with Gasteiger partial charge in [-0.25, -0.2) is 9.59 Å². The zero-order valence-electron chi connectivity index (χ0n) is 17.9. The molecule has 2 unspecified atom stereocenters. The Morgan fingerprint density at radius 3 is 1.59 bits per heavy atom. The van der Waals surface area contributed by atoms with Gasteiger partial charge in [0.05, 0.1) is 25.2 Å². The molecule has 0 saturated heterocycles. The molecule has 0 fully saturated rings. The third kappa shape index (κ3) is 6.17. The van der Waals surface area contributed by atoms with Crippen LogP contribution >= 0.6 is 0 Å². The van der Waals surface area contributed by atoms with Crippen molar-refractivity contribution >= 4 is 23.6 Å². The molecule has 8 nitrogen and oxygen atoms in total. The number of hydrogen-bond donors (Lipinski definition) is 0. The van der Waals surface area contributed by atoms with Gasteiger partial charge >= 0.3 is 11.9 Å². The molecule has 8 heteroatoms. The topological polar surface area (TPSA) is 83.8 Å². The Bertz CT molecular complexity index is 668. The fourth-order valence-corrected chi connectivity index (χ4v) is 3.19. The lowest BCUT2D eigenvalue weighted by molar-refractivity contribution is -0.186. The van der Waals surface area contributed by atoms with Crippen LogP contribution in [0.25, 0.3) is 0 Å². The molecular formula is C21H32N4O4. The van der Waals surface area contributed by atoms with Crippen LogP contribution in [0.15, 0.2) is 34.3 Å². The number of hydroxylamine groups is 4. The van der Waals surface area contributed by atoms with E-state index in [1.165, 1.54) is 10.1 Å². The standard InChI is InChI=1S/C21H32N4O4/c1-7-16-9-11-24(20(22-16)14(3)4)28-18(26)13-19(27)29-25-12-10-17(8-2)23-21(25)15(5)6/h16-17H,3,5,7-13H2,1-2,4,6H3. The quantitative estimate of drug-likeness (QED) is 0.578. The molecule has 0 radical (unpaired) electrons. The lowest BCUT2D eigenvalue weighted by Crippen LogP contribution is -2.42. The molecule has 0 aromatic carbocycles. The summed E-state index contributed by atoms with van der Waals surface area (Å²) in [5.41, 5.74) is 1.42. The van der Waals surface area contributed by atoms with Crippen LogP contribution in [0.5, 0.6) is 0 Å². The summed E-state index contributed by atoms with van der Waals surface area (Å²) >= 11 is 0. The number of rotatable bonds is 8. The van der Waals surface area contributed by atoms with E-state index in [0.717, 1.165) is 25.7 Å². The Hall–Kier alpha value is -2.64. The van der Waals surface area contributed by atoms with Crippen molar-refractivity contribution in [3.05, 3.63) is 24.3 Å². The highest BCUT2D eigenvalue weighted by Crippen LogP contribution is 2.19. The van der Waals surface area contributed by atoms with Crippen LogP contribution in [0.3, 0.4) is 0 Å². The van der Waals surface area contributed by atoms with Crippen molar-refractivity contribution in [1.82, 2.24) is 10.1 Å². The van der Waals surface area contributed by atoms with Gasteiger partial charge in [-0.2, -0.15) is 10.1 Å². The van der Waals surface area contributed by atoms with Crippen molar-refractivity contribution in [3.8, 4) is 0 Å². The summed E-state index contributed by atoms with van der Waals surface area (Å²) in [6.07, 6.45) is 2.86. The van der Waals surface area contributed by atoms with Crippen LogP contribution in [0.2, 0.25) is 0 Å². The number of amidine groups is 2. The Kier molecular flexibility index (Phi) is 7.99. The zero-order chi connectivity index (χ0) is 21.6. The lowest BCUT2D eigenvalue weighted by Gasteiger charge is -2.31. The average Bonchev–Trinajstić information content (AvgIpc) is 2.67. The molecule has 2 heterocycles. The van der Waals surface area contributed by atoms with Gasteiger partial charge in [0.25, 0.3) is 0 Å². The number of carbonyl (C=O) groups is 2. The average molecular weight is 405 g/mol. The minimum atomic E-state index is -0.698. The van der Waals surface area contributed by atoms with Gasteiger partial charge < -0.3 is 9.68 Å². The molecule has 2 aliphatic heterocycles. The first kappa shape index (κ1) is 22.6. The van der Waals surface area contributed by atoms with E-state index in [4.69, 9.17) is 9.68 Å². The summed E-state index contributed by atoms with van der Waals surface area (Å²) in [5, 5.41) is 2.83. The predicted octanol–water partition coefficient (Wildman–Crippen LogP) is 3.21. The predicted molar refractivity (Wildman–Crippen MR) is 112 cm³/mol. The maximum absolute atomic E-state index is 12.3. The van der Waals surface area contributed by atoms with Crippen molar-refractivity contribution in [1.29, 1.82) is 0 Å². The van der Waals surface area contributed by atoms with E-state index in [9.17, 15) is 9.59 Å². The van der Waals surface area contributed by atoms with Crippen LogP contribution in [0, 0.1) is 0 Å². The van der Waals surface area contributed by atoms with Crippen LogP contribution in [0.4, 0.5) is 0 Å². The fourth-order valence-electron chi connectivity index (χ4n) is 3.19. The van der Waals surface area contributed by atoms with Gasteiger partial charge in [-0.1, -0.05) is 27.0 Å². The van der Waals surface area contributed by atoms with Crippen molar-refractivity contribution < 1.29 is 19.3 Å². The molecule has 0 amide bonds. The van der Waals surface area contributed by atoms with Crippen LogP contribution in [-0.4, -0.2) is 58.9 Å². The Labute approximate surface area is 172 Å². The molecule has 160 valence electrons. The second-order valence-corrected chi connectivity index (χ2v) is 7.48. The van der Waals surface area contributed by atoms with Gasteiger partial charge in [-0.05, 0) is 50.7 Å². The second kappa shape index (κ2) is 10.2. The van der Waals surface area contributed by atoms with E-state index in [-0.39, 0.29) is 12.1 Å². The van der Waals surface area contributed by atoms with Crippen LogP contribution < -0.4 is 0 Å². The number of nitrogens with zero attached hydrogens (tertiary/aromatic N) is 4. The molecular weight excluding hydrogens is 372 g/mol. The first-order valence-electron chi connectivity index (χ1n) is 10.2. The number of carbonyl (C=O) groups excluding carboxylic acids is 2. The minimum absolute atomic E-state index is 0.188. The van der Waals surface area contributed by atoms with E-state index in [1.54, 1.807) is 0 Å². The van der Waals surface area contributed by atoms with Crippen LogP contribution in [-0.2, 0) is 19.3 Å². The third-order valence-corrected chi connectivity index (χ3v) is 4.83. The minimum Gasteiger partial charge on any atom is -0.339 e. The van der Waals surface area contributed by atoms with E-state index >= 15 is 0 Å².